The molecular weight excluding hydrogens is 362 g/mol. The number of carbonyl (C=O) groups is 1. The molecule has 3 rings (SSSR count). The number of hydrogen-bond donors (Lipinski definition) is 0. The summed E-state index contributed by atoms with van der Waals surface area (Å²) >= 11 is 1.40. The van der Waals surface area contributed by atoms with Gasteiger partial charge in [-0.25, -0.2) is 0 Å². The molecule has 6 nitrogen and oxygen atoms in total. The van der Waals surface area contributed by atoms with Crippen LogP contribution in [0.2, 0.25) is 0 Å². The second-order valence-corrected chi connectivity index (χ2v) is 6.69. The van der Waals surface area contributed by atoms with Crippen LogP contribution in [0.1, 0.15) is 18.1 Å². The van der Waals surface area contributed by atoms with Crippen LogP contribution in [0.4, 0.5) is 0 Å². The van der Waals surface area contributed by atoms with Crippen LogP contribution in [-0.4, -0.2) is 41.7 Å². The van der Waals surface area contributed by atoms with Crippen molar-refractivity contribution in [3.05, 3.63) is 59.7 Å². The second kappa shape index (κ2) is 9.23. The minimum absolute atomic E-state index is 0.0345. The van der Waals surface area contributed by atoms with E-state index in [0.29, 0.717) is 24.1 Å². The van der Waals surface area contributed by atoms with Crippen LogP contribution in [0, 0.1) is 0 Å². The normalized spacial score (nSPS) is 15.7. The number of benzene rings is 2. The van der Waals surface area contributed by atoms with E-state index in [0.717, 1.165) is 22.6 Å². The zero-order chi connectivity index (χ0) is 19.1. The molecule has 7 heteroatoms. The lowest BCUT2D eigenvalue weighted by Gasteiger charge is -2.15. The molecule has 1 amide bonds. The SMILES string of the molecule is CCOc1ccc(CN2C(=O)CS/C2=N/N=C/c2ccc(OC)cc2)cc1. The summed E-state index contributed by atoms with van der Waals surface area (Å²) in [7, 11) is 1.63. The van der Waals surface area contributed by atoms with E-state index in [1.54, 1.807) is 18.2 Å². The molecule has 1 aliphatic heterocycles. The van der Waals surface area contributed by atoms with Gasteiger partial charge in [0.2, 0.25) is 5.91 Å². The molecule has 27 heavy (non-hydrogen) atoms. The first-order valence-corrected chi connectivity index (χ1v) is 9.58. The van der Waals surface area contributed by atoms with Gasteiger partial charge in [0.05, 0.1) is 32.2 Å². The van der Waals surface area contributed by atoms with Crippen molar-refractivity contribution < 1.29 is 14.3 Å². The number of methoxy groups -OCH3 is 1. The lowest BCUT2D eigenvalue weighted by molar-refractivity contribution is -0.124. The van der Waals surface area contributed by atoms with Crippen molar-refractivity contribution in [2.45, 2.75) is 13.5 Å². The van der Waals surface area contributed by atoms with E-state index in [2.05, 4.69) is 10.2 Å². The molecule has 1 aliphatic rings. The van der Waals surface area contributed by atoms with Crippen LogP contribution in [0.25, 0.3) is 0 Å². The van der Waals surface area contributed by atoms with Crippen LogP contribution in [0.3, 0.4) is 0 Å². The Kier molecular flexibility index (Phi) is 6.49. The van der Waals surface area contributed by atoms with Crippen LogP contribution in [0.5, 0.6) is 11.5 Å². The van der Waals surface area contributed by atoms with Gasteiger partial charge in [-0.3, -0.25) is 9.69 Å². The summed E-state index contributed by atoms with van der Waals surface area (Å²) in [6, 6.07) is 15.2. The Morgan fingerprint density at radius 1 is 1.11 bits per heavy atom. The molecule has 0 radical (unpaired) electrons. The van der Waals surface area contributed by atoms with Crippen LogP contribution in [0.15, 0.2) is 58.7 Å². The lowest BCUT2D eigenvalue weighted by Crippen LogP contribution is -2.28. The van der Waals surface area contributed by atoms with Crippen molar-refractivity contribution in [3.63, 3.8) is 0 Å². The summed E-state index contributed by atoms with van der Waals surface area (Å²) < 4.78 is 10.6. The average molecular weight is 383 g/mol. The number of thioether (sulfide) groups is 1. The zero-order valence-electron chi connectivity index (χ0n) is 15.3. The van der Waals surface area contributed by atoms with Crippen molar-refractivity contribution in [1.82, 2.24) is 4.90 Å². The van der Waals surface area contributed by atoms with E-state index in [9.17, 15) is 4.79 Å². The number of amidine groups is 1. The van der Waals surface area contributed by atoms with E-state index in [1.807, 2.05) is 55.5 Å². The van der Waals surface area contributed by atoms with Gasteiger partial charge in [0.1, 0.15) is 11.5 Å². The van der Waals surface area contributed by atoms with Gasteiger partial charge in [0.25, 0.3) is 0 Å². The molecule has 0 aromatic heterocycles. The van der Waals surface area contributed by atoms with E-state index < -0.39 is 0 Å². The summed E-state index contributed by atoms with van der Waals surface area (Å²) in [6.45, 7) is 3.04. The highest BCUT2D eigenvalue weighted by Crippen LogP contribution is 2.23. The fourth-order valence-corrected chi connectivity index (χ4v) is 3.34. The number of nitrogens with zero attached hydrogens (tertiary/aromatic N) is 3. The number of carbonyl (C=O) groups excluding carboxylic acids is 1. The maximum absolute atomic E-state index is 12.2. The fraction of sp³-hybridized carbons (Fsp3) is 0.250. The molecule has 0 N–H and O–H groups in total. The molecular formula is C20H21N3O3S. The van der Waals surface area contributed by atoms with Crippen molar-refractivity contribution in [3.8, 4) is 11.5 Å². The van der Waals surface area contributed by atoms with Gasteiger partial charge < -0.3 is 9.47 Å². The Morgan fingerprint density at radius 3 is 2.48 bits per heavy atom. The Labute approximate surface area is 162 Å². The summed E-state index contributed by atoms with van der Waals surface area (Å²) in [4.78, 5) is 13.9. The lowest BCUT2D eigenvalue weighted by atomic mass is 10.2. The molecule has 0 spiro atoms. The molecule has 1 heterocycles. The van der Waals surface area contributed by atoms with E-state index in [4.69, 9.17) is 9.47 Å². The number of ether oxygens (including phenoxy) is 2. The van der Waals surface area contributed by atoms with Gasteiger partial charge in [-0.2, -0.15) is 5.10 Å². The molecule has 0 bridgehead atoms. The smallest absolute Gasteiger partial charge is 0.239 e. The predicted octanol–water partition coefficient (Wildman–Crippen LogP) is 3.56. The first kappa shape index (κ1) is 19.0. The third kappa shape index (κ3) is 5.10. The van der Waals surface area contributed by atoms with Crippen molar-refractivity contribution in [1.29, 1.82) is 0 Å². The average Bonchev–Trinajstić information content (AvgIpc) is 3.04. The summed E-state index contributed by atoms with van der Waals surface area (Å²) in [5.41, 5.74) is 1.92. The zero-order valence-corrected chi connectivity index (χ0v) is 16.1. The van der Waals surface area contributed by atoms with E-state index >= 15 is 0 Å². The monoisotopic (exact) mass is 383 g/mol. The third-order valence-electron chi connectivity index (χ3n) is 3.90. The van der Waals surface area contributed by atoms with Crippen LogP contribution in [-0.2, 0) is 11.3 Å². The molecule has 1 saturated heterocycles. The molecule has 0 unspecified atom stereocenters. The van der Waals surface area contributed by atoms with Gasteiger partial charge >= 0.3 is 0 Å². The molecule has 0 aliphatic carbocycles. The van der Waals surface area contributed by atoms with Crippen LogP contribution < -0.4 is 9.47 Å². The topological polar surface area (TPSA) is 63.5 Å². The largest absolute Gasteiger partial charge is 0.497 e. The second-order valence-electron chi connectivity index (χ2n) is 5.75. The standard InChI is InChI=1S/C20H21N3O3S/c1-3-26-18-10-6-16(7-11-18)13-23-19(24)14-27-20(23)22-21-12-15-4-8-17(25-2)9-5-15/h4-12H,3,13-14H2,1-2H3/b21-12+,22-20+. The Morgan fingerprint density at radius 2 is 1.81 bits per heavy atom. The first-order valence-electron chi connectivity index (χ1n) is 8.59. The summed E-state index contributed by atoms with van der Waals surface area (Å²) in [5.74, 6) is 2.03. The summed E-state index contributed by atoms with van der Waals surface area (Å²) in [6.07, 6.45) is 1.66. The summed E-state index contributed by atoms with van der Waals surface area (Å²) in [5, 5.41) is 8.98. The Bertz CT molecular complexity index is 833. The highest BCUT2D eigenvalue weighted by Gasteiger charge is 2.28. The Hall–Kier alpha value is -2.80. The highest BCUT2D eigenvalue weighted by molar-refractivity contribution is 8.15. The first-order chi connectivity index (χ1) is 13.2. The molecule has 0 atom stereocenters. The molecule has 140 valence electrons. The molecule has 0 saturated carbocycles. The maximum Gasteiger partial charge on any atom is 0.239 e. The minimum atomic E-state index is 0.0345. The Balaban J connectivity index is 1.67. The molecule has 1 fully saturated rings. The van der Waals surface area contributed by atoms with Crippen molar-refractivity contribution >= 4 is 29.1 Å². The van der Waals surface area contributed by atoms with Gasteiger partial charge in [-0.05, 0) is 54.4 Å². The van der Waals surface area contributed by atoms with E-state index in [1.165, 1.54) is 11.8 Å². The van der Waals surface area contributed by atoms with Crippen molar-refractivity contribution in [2.75, 3.05) is 19.5 Å². The van der Waals surface area contributed by atoms with Gasteiger partial charge in [-0.1, -0.05) is 23.9 Å². The number of amides is 1. The maximum atomic E-state index is 12.2. The highest BCUT2D eigenvalue weighted by atomic mass is 32.2. The van der Waals surface area contributed by atoms with Gasteiger partial charge in [0.15, 0.2) is 5.17 Å². The number of rotatable bonds is 7. The third-order valence-corrected chi connectivity index (χ3v) is 4.85. The van der Waals surface area contributed by atoms with E-state index in [-0.39, 0.29) is 5.91 Å². The molecule has 2 aromatic carbocycles. The predicted molar refractivity (Wildman–Crippen MR) is 109 cm³/mol. The van der Waals surface area contributed by atoms with Crippen molar-refractivity contribution in [2.24, 2.45) is 10.2 Å². The van der Waals surface area contributed by atoms with Gasteiger partial charge in [0, 0.05) is 0 Å². The quantitative estimate of drug-likeness (QED) is 0.542. The number of hydrogen-bond acceptors (Lipinski definition) is 6. The fourth-order valence-electron chi connectivity index (χ4n) is 2.50. The minimum Gasteiger partial charge on any atom is -0.497 e. The van der Waals surface area contributed by atoms with Gasteiger partial charge in [-0.15, -0.1) is 5.10 Å². The molecule has 2 aromatic rings. The van der Waals surface area contributed by atoms with Crippen LogP contribution >= 0.6 is 11.8 Å².